The highest BCUT2D eigenvalue weighted by atomic mass is 32.1. The van der Waals surface area contributed by atoms with Crippen molar-refractivity contribution < 1.29 is 9.59 Å². The minimum Gasteiger partial charge on any atom is -0.347 e. The van der Waals surface area contributed by atoms with Crippen molar-refractivity contribution in [2.75, 3.05) is 6.54 Å². The molecule has 1 aromatic heterocycles. The van der Waals surface area contributed by atoms with Crippen molar-refractivity contribution in [2.45, 2.75) is 84.0 Å². The lowest BCUT2D eigenvalue weighted by molar-refractivity contribution is -0.126. The monoisotopic (exact) mass is 393 g/mol. The van der Waals surface area contributed by atoms with Crippen LogP contribution < -0.4 is 10.7 Å². The second kappa shape index (κ2) is 16.5. The zero-order valence-electron chi connectivity index (χ0n) is 16.7. The molecule has 0 unspecified atom stereocenters. The van der Waals surface area contributed by atoms with Gasteiger partial charge in [-0.3, -0.25) is 9.59 Å². The van der Waals surface area contributed by atoms with E-state index in [-0.39, 0.29) is 18.4 Å². The first-order chi connectivity index (χ1) is 13.2. The summed E-state index contributed by atoms with van der Waals surface area (Å²) in [6.07, 6.45) is 16.0. The van der Waals surface area contributed by atoms with E-state index in [2.05, 4.69) is 22.8 Å². The molecule has 5 nitrogen and oxygen atoms in total. The molecule has 0 aromatic carbocycles. The van der Waals surface area contributed by atoms with Crippen molar-refractivity contribution >= 4 is 29.4 Å². The number of hydrogen-bond donors (Lipinski definition) is 2. The quantitative estimate of drug-likeness (QED) is 0.235. The summed E-state index contributed by atoms with van der Waals surface area (Å²) < 4.78 is 0. The van der Waals surface area contributed by atoms with Gasteiger partial charge in [0.25, 0.3) is 5.91 Å². The van der Waals surface area contributed by atoms with Crippen molar-refractivity contribution in [3.63, 3.8) is 0 Å². The Kier molecular flexibility index (Phi) is 14.3. The summed E-state index contributed by atoms with van der Waals surface area (Å²) in [5.74, 6) is -0.376. The van der Waals surface area contributed by atoms with E-state index < -0.39 is 0 Å². The predicted octanol–water partition coefficient (Wildman–Crippen LogP) is 5.02. The highest BCUT2D eigenvalue weighted by molar-refractivity contribution is 7.11. The van der Waals surface area contributed by atoms with Crippen LogP contribution in [-0.2, 0) is 9.59 Å². The second-order valence-corrected chi connectivity index (χ2v) is 7.85. The predicted molar refractivity (Wildman–Crippen MR) is 114 cm³/mol. The van der Waals surface area contributed by atoms with Crippen LogP contribution in [0.3, 0.4) is 0 Å². The Hall–Kier alpha value is -1.69. The molecular formula is C21H35N3O2S. The topological polar surface area (TPSA) is 70.6 Å². The van der Waals surface area contributed by atoms with Crippen LogP contribution in [0.1, 0.15) is 88.9 Å². The number of nitrogens with one attached hydrogen (secondary N) is 2. The summed E-state index contributed by atoms with van der Waals surface area (Å²) in [5, 5.41) is 8.44. The van der Waals surface area contributed by atoms with Crippen LogP contribution in [0.5, 0.6) is 0 Å². The van der Waals surface area contributed by atoms with Crippen LogP contribution in [0.15, 0.2) is 22.6 Å². The summed E-state index contributed by atoms with van der Waals surface area (Å²) >= 11 is 1.54. The largest absolute Gasteiger partial charge is 0.347 e. The molecule has 0 aliphatic heterocycles. The first-order valence-electron chi connectivity index (χ1n) is 10.3. The van der Waals surface area contributed by atoms with Crippen molar-refractivity contribution in [3.8, 4) is 0 Å². The molecule has 0 spiro atoms. The maximum absolute atomic E-state index is 11.7. The molecule has 0 saturated heterocycles. The van der Waals surface area contributed by atoms with Crippen molar-refractivity contribution in [3.05, 3.63) is 22.4 Å². The van der Waals surface area contributed by atoms with E-state index in [1.54, 1.807) is 17.6 Å². The van der Waals surface area contributed by atoms with Crippen LogP contribution in [0.25, 0.3) is 0 Å². The lowest BCUT2D eigenvalue weighted by Crippen LogP contribution is -2.34. The number of carbonyl (C=O) groups excluding carboxylic acids is 2. The second-order valence-electron chi connectivity index (χ2n) is 6.87. The normalized spacial score (nSPS) is 11.0. The average molecular weight is 394 g/mol. The maximum Gasteiger partial charge on any atom is 0.259 e. The molecule has 1 aromatic rings. The minimum atomic E-state index is -0.310. The Morgan fingerprint density at radius 3 is 2.19 bits per heavy atom. The third-order valence-corrected chi connectivity index (χ3v) is 5.18. The molecule has 0 atom stereocenters. The molecule has 2 N–H and O–H groups in total. The van der Waals surface area contributed by atoms with Crippen molar-refractivity contribution in [2.24, 2.45) is 5.10 Å². The van der Waals surface area contributed by atoms with E-state index in [4.69, 9.17) is 0 Å². The molecule has 27 heavy (non-hydrogen) atoms. The Labute approximate surface area is 168 Å². The van der Waals surface area contributed by atoms with Crippen LogP contribution in [0.2, 0.25) is 0 Å². The van der Waals surface area contributed by atoms with Gasteiger partial charge in [0.2, 0.25) is 5.91 Å². The summed E-state index contributed by atoms with van der Waals surface area (Å²) in [7, 11) is 0. The smallest absolute Gasteiger partial charge is 0.259 e. The molecular weight excluding hydrogens is 358 g/mol. The molecule has 0 aliphatic rings. The molecule has 0 saturated carbocycles. The Bertz CT molecular complexity index is 530. The van der Waals surface area contributed by atoms with E-state index in [0.717, 1.165) is 17.7 Å². The van der Waals surface area contributed by atoms with Crippen LogP contribution in [0, 0.1) is 0 Å². The lowest BCUT2D eigenvalue weighted by Gasteiger charge is -2.05. The summed E-state index contributed by atoms with van der Waals surface area (Å²) in [6.45, 7) is 2.22. The molecule has 152 valence electrons. The lowest BCUT2D eigenvalue weighted by atomic mass is 10.1. The van der Waals surface area contributed by atoms with Gasteiger partial charge >= 0.3 is 0 Å². The number of thiophene rings is 1. The van der Waals surface area contributed by atoms with Gasteiger partial charge in [0.15, 0.2) is 0 Å². The molecule has 0 radical (unpaired) electrons. The number of amides is 2. The van der Waals surface area contributed by atoms with Gasteiger partial charge in [0.05, 0.1) is 12.8 Å². The van der Waals surface area contributed by atoms with Gasteiger partial charge in [0, 0.05) is 11.3 Å². The highest BCUT2D eigenvalue weighted by Crippen LogP contribution is 2.11. The first kappa shape index (κ1) is 23.3. The van der Waals surface area contributed by atoms with E-state index in [1.807, 2.05) is 17.5 Å². The zero-order chi connectivity index (χ0) is 19.6. The first-order valence-corrected chi connectivity index (χ1v) is 11.2. The summed E-state index contributed by atoms with van der Waals surface area (Å²) in [5.41, 5.74) is 2.41. The van der Waals surface area contributed by atoms with E-state index >= 15 is 0 Å². The zero-order valence-corrected chi connectivity index (χ0v) is 17.5. The fourth-order valence-electron chi connectivity index (χ4n) is 2.79. The van der Waals surface area contributed by atoms with Crippen molar-refractivity contribution in [1.82, 2.24) is 10.7 Å². The summed E-state index contributed by atoms with van der Waals surface area (Å²) in [4.78, 5) is 24.3. The molecule has 1 rings (SSSR count). The van der Waals surface area contributed by atoms with Gasteiger partial charge in [-0.1, -0.05) is 77.2 Å². The number of unbranched alkanes of at least 4 members (excludes halogenated alkanes) is 10. The summed E-state index contributed by atoms with van der Waals surface area (Å²) in [6, 6.07) is 3.83. The standard InChI is InChI=1S/C21H35N3O2S/c1-2-3-4-5-6-7-8-9-10-11-12-15-20(25)22-18-21(26)24-23-17-19-14-13-16-27-19/h13-14,16-17H,2-12,15,18H2,1H3,(H,22,25)(H,24,26). The van der Waals surface area contributed by atoms with Crippen molar-refractivity contribution in [1.29, 1.82) is 0 Å². The Morgan fingerprint density at radius 1 is 0.963 bits per heavy atom. The number of hydrogen-bond acceptors (Lipinski definition) is 4. The number of rotatable bonds is 16. The molecule has 0 aliphatic carbocycles. The fraction of sp³-hybridized carbons (Fsp3) is 0.667. The molecule has 1 heterocycles. The third kappa shape index (κ3) is 14.1. The molecule has 0 fully saturated rings. The minimum absolute atomic E-state index is 0.0291. The average Bonchev–Trinajstić information content (AvgIpc) is 3.18. The number of hydrazone groups is 1. The molecule has 6 heteroatoms. The SMILES string of the molecule is CCCCCCCCCCCCCC(=O)NCC(=O)NN=Cc1cccs1. The van der Waals surface area contributed by atoms with E-state index in [9.17, 15) is 9.59 Å². The van der Waals surface area contributed by atoms with Gasteiger partial charge in [-0.15, -0.1) is 11.3 Å². The molecule has 0 bridgehead atoms. The Balaban J connectivity index is 1.88. The third-order valence-electron chi connectivity index (χ3n) is 4.38. The van der Waals surface area contributed by atoms with E-state index in [0.29, 0.717) is 6.42 Å². The van der Waals surface area contributed by atoms with Crippen LogP contribution >= 0.6 is 11.3 Å². The number of carbonyl (C=O) groups is 2. The van der Waals surface area contributed by atoms with Gasteiger partial charge in [-0.25, -0.2) is 5.43 Å². The van der Waals surface area contributed by atoms with Gasteiger partial charge in [0.1, 0.15) is 0 Å². The van der Waals surface area contributed by atoms with E-state index in [1.165, 1.54) is 57.8 Å². The van der Waals surface area contributed by atoms with Crippen LogP contribution in [-0.4, -0.2) is 24.6 Å². The maximum atomic E-state index is 11.7. The molecule has 2 amide bonds. The Morgan fingerprint density at radius 2 is 1.59 bits per heavy atom. The van der Waals surface area contributed by atoms with Gasteiger partial charge in [-0.05, 0) is 17.9 Å². The van der Waals surface area contributed by atoms with Gasteiger partial charge in [-0.2, -0.15) is 5.10 Å². The highest BCUT2D eigenvalue weighted by Gasteiger charge is 2.04. The van der Waals surface area contributed by atoms with Crippen LogP contribution in [0.4, 0.5) is 0 Å². The number of nitrogens with zero attached hydrogens (tertiary/aromatic N) is 1. The fourth-order valence-corrected chi connectivity index (χ4v) is 3.37. The van der Waals surface area contributed by atoms with Gasteiger partial charge < -0.3 is 5.32 Å².